The topological polar surface area (TPSA) is 98.5 Å². The van der Waals surface area contributed by atoms with Gasteiger partial charge >= 0.3 is 0 Å². The van der Waals surface area contributed by atoms with Crippen LogP contribution in [0.2, 0.25) is 0 Å². The van der Waals surface area contributed by atoms with Crippen molar-refractivity contribution >= 4 is 15.7 Å². The van der Waals surface area contributed by atoms with Gasteiger partial charge in [-0.25, -0.2) is 13.1 Å². The molecule has 1 aliphatic rings. The minimum absolute atomic E-state index is 0.336. The first-order valence-corrected chi connectivity index (χ1v) is 10.3. The van der Waals surface area contributed by atoms with Crippen LogP contribution >= 0.6 is 0 Å². The standard InChI is InChI=1S/C19H22N2O5S/c1-3-19(4-2)13-15(14-9-5-7-11-17(14)26-19)20-27(24,25)18-12-8-6-10-16(18)21(22)23/h5-12,15,20H,3-4,13H2,1-2H3/t15-/m1/s1. The molecule has 0 radical (unpaired) electrons. The summed E-state index contributed by atoms with van der Waals surface area (Å²) in [4.78, 5) is 10.2. The maximum Gasteiger partial charge on any atom is 0.289 e. The lowest BCUT2D eigenvalue weighted by Crippen LogP contribution is -2.44. The van der Waals surface area contributed by atoms with Gasteiger partial charge in [0.05, 0.1) is 11.0 Å². The average Bonchev–Trinajstić information content (AvgIpc) is 2.67. The highest BCUT2D eigenvalue weighted by atomic mass is 32.2. The van der Waals surface area contributed by atoms with Crippen LogP contribution < -0.4 is 9.46 Å². The number of nitrogens with one attached hydrogen (secondary N) is 1. The lowest BCUT2D eigenvalue weighted by atomic mass is 9.84. The molecule has 2 aromatic carbocycles. The maximum absolute atomic E-state index is 13.0. The lowest BCUT2D eigenvalue weighted by molar-refractivity contribution is -0.387. The molecule has 1 N–H and O–H groups in total. The van der Waals surface area contributed by atoms with Crippen molar-refractivity contribution in [2.75, 3.05) is 0 Å². The third kappa shape index (κ3) is 3.68. The first-order chi connectivity index (χ1) is 12.8. The van der Waals surface area contributed by atoms with Crippen LogP contribution in [0.4, 0.5) is 5.69 Å². The molecular weight excluding hydrogens is 368 g/mol. The number of sulfonamides is 1. The highest BCUT2D eigenvalue weighted by molar-refractivity contribution is 7.89. The largest absolute Gasteiger partial charge is 0.487 e. The van der Waals surface area contributed by atoms with E-state index in [1.165, 1.54) is 24.3 Å². The van der Waals surface area contributed by atoms with Crippen LogP contribution in [0.25, 0.3) is 0 Å². The molecule has 0 spiro atoms. The normalized spacial score (nSPS) is 18.4. The fourth-order valence-corrected chi connectivity index (χ4v) is 4.88. The van der Waals surface area contributed by atoms with E-state index in [-0.39, 0.29) is 4.90 Å². The zero-order valence-corrected chi connectivity index (χ0v) is 16.0. The quantitative estimate of drug-likeness (QED) is 0.595. The first kappa shape index (κ1) is 19.3. The van der Waals surface area contributed by atoms with Crippen molar-refractivity contribution in [3.8, 4) is 5.75 Å². The van der Waals surface area contributed by atoms with Gasteiger partial charge in [0, 0.05) is 18.1 Å². The SMILES string of the molecule is CCC1(CC)C[C@@H](NS(=O)(=O)c2ccccc2[N+](=O)[O-])c2ccccc2O1. The summed E-state index contributed by atoms with van der Waals surface area (Å²) < 4.78 is 34.8. The van der Waals surface area contributed by atoms with Crippen LogP contribution in [0.3, 0.4) is 0 Å². The predicted molar refractivity (Wildman–Crippen MR) is 101 cm³/mol. The molecule has 0 unspecified atom stereocenters. The number of nitrogens with zero attached hydrogens (tertiary/aromatic N) is 1. The molecule has 1 heterocycles. The second-order valence-corrected chi connectivity index (χ2v) is 8.32. The van der Waals surface area contributed by atoms with Crippen molar-refractivity contribution in [1.29, 1.82) is 0 Å². The van der Waals surface area contributed by atoms with Crippen LogP contribution in [0.5, 0.6) is 5.75 Å². The van der Waals surface area contributed by atoms with Crippen molar-refractivity contribution in [3.05, 3.63) is 64.2 Å². The summed E-state index contributed by atoms with van der Waals surface area (Å²) in [5.74, 6) is 0.641. The van der Waals surface area contributed by atoms with Gasteiger partial charge in [0.1, 0.15) is 11.4 Å². The number of hydrogen-bond donors (Lipinski definition) is 1. The van der Waals surface area contributed by atoms with Crippen molar-refractivity contribution in [2.45, 2.75) is 49.6 Å². The Kier molecular flexibility index (Phi) is 5.21. The van der Waals surface area contributed by atoms with Crippen molar-refractivity contribution in [2.24, 2.45) is 0 Å². The van der Waals surface area contributed by atoms with Gasteiger partial charge in [-0.1, -0.05) is 44.2 Å². The van der Waals surface area contributed by atoms with Crippen LogP contribution in [0.15, 0.2) is 53.4 Å². The number of nitro benzene ring substituents is 1. The molecule has 1 atom stereocenters. The number of benzene rings is 2. The molecule has 0 saturated carbocycles. The summed E-state index contributed by atoms with van der Waals surface area (Å²) in [6, 6.07) is 12.1. The van der Waals surface area contributed by atoms with E-state index in [0.29, 0.717) is 12.2 Å². The van der Waals surface area contributed by atoms with E-state index in [1.54, 1.807) is 0 Å². The summed E-state index contributed by atoms with van der Waals surface area (Å²) in [6.07, 6.45) is 1.90. The predicted octanol–water partition coefficient (Wildman–Crippen LogP) is 3.96. The van der Waals surface area contributed by atoms with Gasteiger partial charge in [0.2, 0.25) is 10.0 Å². The molecule has 0 saturated heterocycles. The molecular formula is C19H22N2O5S. The fourth-order valence-electron chi connectivity index (χ4n) is 3.49. The number of fused-ring (bicyclic) bond motifs is 1. The first-order valence-electron chi connectivity index (χ1n) is 8.85. The fraction of sp³-hybridized carbons (Fsp3) is 0.368. The van der Waals surface area contributed by atoms with Crippen molar-refractivity contribution < 1.29 is 18.1 Å². The van der Waals surface area contributed by atoms with Crippen LogP contribution in [0, 0.1) is 10.1 Å². The van der Waals surface area contributed by atoms with Gasteiger partial charge in [0.25, 0.3) is 5.69 Å². The summed E-state index contributed by atoms with van der Waals surface area (Å²) in [5.41, 5.74) is -0.191. The average molecular weight is 390 g/mol. The minimum atomic E-state index is -4.09. The zero-order chi connectivity index (χ0) is 19.7. The van der Waals surface area contributed by atoms with Gasteiger partial charge in [-0.15, -0.1) is 0 Å². The van der Waals surface area contributed by atoms with Crippen molar-refractivity contribution in [1.82, 2.24) is 4.72 Å². The van der Waals surface area contributed by atoms with E-state index >= 15 is 0 Å². The number of ether oxygens (including phenoxy) is 1. The Hall–Kier alpha value is -2.45. The minimum Gasteiger partial charge on any atom is -0.487 e. The summed E-state index contributed by atoms with van der Waals surface area (Å²) in [7, 11) is -4.09. The van der Waals surface area contributed by atoms with Gasteiger partial charge in [-0.2, -0.15) is 0 Å². The van der Waals surface area contributed by atoms with Crippen LogP contribution in [-0.4, -0.2) is 18.9 Å². The smallest absolute Gasteiger partial charge is 0.289 e. The lowest BCUT2D eigenvalue weighted by Gasteiger charge is -2.41. The van der Waals surface area contributed by atoms with Gasteiger partial charge < -0.3 is 4.74 Å². The third-order valence-corrected chi connectivity index (χ3v) is 6.65. The Bertz CT molecular complexity index is 954. The molecule has 1 aliphatic heterocycles. The second kappa shape index (κ2) is 7.28. The Morgan fingerprint density at radius 3 is 2.44 bits per heavy atom. The Morgan fingerprint density at radius 1 is 1.15 bits per heavy atom. The Morgan fingerprint density at radius 2 is 1.78 bits per heavy atom. The maximum atomic E-state index is 13.0. The Balaban J connectivity index is 2.02. The summed E-state index contributed by atoms with van der Waals surface area (Å²) >= 11 is 0. The number of hydrogen-bond acceptors (Lipinski definition) is 5. The molecule has 7 nitrogen and oxygen atoms in total. The van der Waals surface area contributed by atoms with Crippen LogP contribution in [-0.2, 0) is 10.0 Å². The van der Waals surface area contributed by atoms with E-state index in [2.05, 4.69) is 4.72 Å². The van der Waals surface area contributed by atoms with Crippen molar-refractivity contribution in [3.63, 3.8) is 0 Å². The molecule has 144 valence electrons. The second-order valence-electron chi connectivity index (χ2n) is 6.63. The van der Waals surface area contributed by atoms with E-state index in [0.717, 1.165) is 18.4 Å². The zero-order valence-electron chi connectivity index (χ0n) is 15.2. The number of rotatable bonds is 6. The molecule has 0 bridgehead atoms. The van der Waals surface area contributed by atoms with E-state index in [4.69, 9.17) is 4.74 Å². The number of para-hydroxylation sites is 2. The molecule has 3 rings (SSSR count). The van der Waals surface area contributed by atoms with E-state index in [1.807, 2.05) is 38.1 Å². The Labute approximate surface area is 158 Å². The molecule has 8 heteroatoms. The molecule has 0 aromatic heterocycles. The molecule has 2 aromatic rings. The summed E-state index contributed by atoms with van der Waals surface area (Å²) in [5, 5.41) is 11.2. The molecule has 0 fully saturated rings. The highest BCUT2D eigenvalue weighted by Gasteiger charge is 2.40. The van der Waals surface area contributed by atoms with Gasteiger partial charge in [0.15, 0.2) is 4.90 Å². The highest BCUT2D eigenvalue weighted by Crippen LogP contribution is 2.43. The molecule has 0 aliphatic carbocycles. The van der Waals surface area contributed by atoms with Crippen LogP contribution in [0.1, 0.15) is 44.7 Å². The van der Waals surface area contributed by atoms with Gasteiger partial charge in [-0.05, 0) is 25.0 Å². The monoisotopic (exact) mass is 390 g/mol. The third-order valence-electron chi connectivity index (χ3n) is 5.13. The van der Waals surface area contributed by atoms with E-state index < -0.39 is 32.3 Å². The van der Waals surface area contributed by atoms with Gasteiger partial charge in [-0.3, -0.25) is 10.1 Å². The summed E-state index contributed by atoms with van der Waals surface area (Å²) in [6.45, 7) is 4.01. The molecule has 0 amide bonds. The number of nitro groups is 1. The van der Waals surface area contributed by atoms with E-state index in [9.17, 15) is 18.5 Å². The molecule has 27 heavy (non-hydrogen) atoms.